The second-order valence-corrected chi connectivity index (χ2v) is 4.90. The summed E-state index contributed by atoms with van der Waals surface area (Å²) in [7, 11) is 0. The number of carboxylic acid groups (broad SMARTS) is 1. The Labute approximate surface area is 109 Å². The predicted octanol–water partition coefficient (Wildman–Crippen LogP) is 1.80. The van der Waals surface area contributed by atoms with Crippen LogP contribution in [0.2, 0.25) is 0 Å². The van der Waals surface area contributed by atoms with Crippen molar-refractivity contribution < 1.29 is 9.90 Å². The fraction of sp³-hybridized carbons (Fsp3) is 0.286. The minimum atomic E-state index is -0.878. The number of fused-ring (bicyclic) bond motifs is 1. The van der Waals surface area contributed by atoms with Crippen molar-refractivity contribution in [3.05, 3.63) is 40.7 Å². The number of hydrogen-bond acceptors (Lipinski definition) is 3. The highest BCUT2D eigenvalue weighted by Crippen LogP contribution is 2.34. The van der Waals surface area contributed by atoms with Crippen molar-refractivity contribution in [2.75, 3.05) is 5.32 Å². The van der Waals surface area contributed by atoms with Gasteiger partial charge in [-0.25, -0.2) is 4.79 Å². The van der Waals surface area contributed by atoms with Crippen molar-refractivity contribution in [1.82, 2.24) is 4.98 Å². The summed E-state index contributed by atoms with van der Waals surface area (Å²) in [5.74, 6) is -0.257. The van der Waals surface area contributed by atoms with Crippen LogP contribution in [0.1, 0.15) is 12.8 Å². The molecule has 1 fully saturated rings. The van der Waals surface area contributed by atoms with Crippen LogP contribution in [0.4, 0.5) is 5.82 Å². The van der Waals surface area contributed by atoms with E-state index in [1.165, 1.54) is 0 Å². The van der Waals surface area contributed by atoms with Gasteiger partial charge in [-0.2, -0.15) is 0 Å². The van der Waals surface area contributed by atoms with E-state index in [1.54, 1.807) is 18.2 Å². The number of aromatic amines is 1. The zero-order valence-electron chi connectivity index (χ0n) is 10.2. The molecule has 19 heavy (non-hydrogen) atoms. The highest BCUT2D eigenvalue weighted by atomic mass is 16.4. The molecular weight excluding hydrogens is 244 g/mol. The predicted molar refractivity (Wildman–Crippen MR) is 72.3 cm³/mol. The number of carboxylic acids is 1. The number of carbonyl (C=O) groups is 1. The number of rotatable bonds is 4. The van der Waals surface area contributed by atoms with Gasteiger partial charge in [0.05, 0.1) is 0 Å². The van der Waals surface area contributed by atoms with Gasteiger partial charge in [-0.15, -0.1) is 0 Å². The standard InChI is InChI=1S/C14H14N2O3/c17-13-10-4-2-1-3-9(10)7-11(16-13)15-12(14(18)19)8-5-6-8/h1-4,7-8,12H,5-6H2,(H,18,19)(H2,15,16,17). The largest absolute Gasteiger partial charge is 0.480 e. The Morgan fingerprint density at radius 3 is 2.79 bits per heavy atom. The van der Waals surface area contributed by atoms with Crippen molar-refractivity contribution in [3.63, 3.8) is 0 Å². The van der Waals surface area contributed by atoms with Gasteiger partial charge in [-0.3, -0.25) is 4.79 Å². The second kappa shape index (κ2) is 4.42. The van der Waals surface area contributed by atoms with Gasteiger partial charge in [0.15, 0.2) is 0 Å². The molecule has 5 heteroatoms. The van der Waals surface area contributed by atoms with Crippen LogP contribution in [-0.4, -0.2) is 22.1 Å². The Hall–Kier alpha value is -2.30. The molecule has 98 valence electrons. The number of aromatic nitrogens is 1. The van der Waals surface area contributed by atoms with E-state index >= 15 is 0 Å². The number of hydrogen-bond donors (Lipinski definition) is 3. The van der Waals surface area contributed by atoms with Crippen LogP contribution in [0.5, 0.6) is 0 Å². The van der Waals surface area contributed by atoms with Crippen molar-refractivity contribution in [2.45, 2.75) is 18.9 Å². The van der Waals surface area contributed by atoms with Crippen LogP contribution >= 0.6 is 0 Å². The number of nitrogens with one attached hydrogen (secondary N) is 2. The first-order valence-corrected chi connectivity index (χ1v) is 6.26. The lowest BCUT2D eigenvalue weighted by Gasteiger charge is -2.14. The number of pyridine rings is 1. The summed E-state index contributed by atoms with van der Waals surface area (Å²) in [4.78, 5) is 25.8. The lowest BCUT2D eigenvalue weighted by molar-refractivity contribution is -0.138. The van der Waals surface area contributed by atoms with E-state index in [1.807, 2.05) is 12.1 Å². The number of anilines is 1. The highest BCUT2D eigenvalue weighted by Gasteiger charge is 2.36. The maximum Gasteiger partial charge on any atom is 0.326 e. The van der Waals surface area contributed by atoms with Crippen LogP contribution in [0, 0.1) is 5.92 Å². The molecule has 0 spiro atoms. The topological polar surface area (TPSA) is 82.2 Å². The first kappa shape index (κ1) is 11.8. The molecule has 1 atom stereocenters. The van der Waals surface area contributed by atoms with Crippen LogP contribution in [0.15, 0.2) is 35.1 Å². The van der Waals surface area contributed by atoms with Gasteiger partial charge < -0.3 is 15.4 Å². The molecule has 1 saturated carbocycles. The Kier molecular flexibility index (Phi) is 2.74. The average Bonchev–Trinajstić information content (AvgIpc) is 3.20. The van der Waals surface area contributed by atoms with Gasteiger partial charge >= 0.3 is 5.97 Å². The van der Waals surface area contributed by atoms with Gasteiger partial charge in [0.2, 0.25) is 0 Å². The Bertz CT molecular complexity index is 688. The lowest BCUT2D eigenvalue weighted by Crippen LogP contribution is -2.32. The van der Waals surface area contributed by atoms with Crippen LogP contribution in [0.3, 0.4) is 0 Å². The smallest absolute Gasteiger partial charge is 0.326 e. The summed E-state index contributed by atoms with van der Waals surface area (Å²) in [6, 6.07) is 8.37. The number of benzene rings is 1. The summed E-state index contributed by atoms with van der Waals surface area (Å²) >= 11 is 0. The van der Waals surface area contributed by atoms with Crippen molar-refractivity contribution in [3.8, 4) is 0 Å². The van der Waals surface area contributed by atoms with E-state index in [0.29, 0.717) is 11.2 Å². The van der Waals surface area contributed by atoms with Gasteiger partial charge in [0.25, 0.3) is 5.56 Å². The summed E-state index contributed by atoms with van der Waals surface area (Å²) < 4.78 is 0. The third-order valence-corrected chi connectivity index (χ3v) is 3.42. The minimum absolute atomic E-state index is 0.160. The minimum Gasteiger partial charge on any atom is -0.480 e. The van der Waals surface area contributed by atoms with Crippen molar-refractivity contribution in [2.24, 2.45) is 5.92 Å². The molecule has 3 rings (SSSR count). The molecule has 0 radical (unpaired) electrons. The zero-order chi connectivity index (χ0) is 13.4. The third kappa shape index (κ3) is 2.31. The fourth-order valence-corrected chi connectivity index (χ4v) is 2.27. The number of H-pyrrole nitrogens is 1. The molecule has 1 aliphatic carbocycles. The molecule has 1 aromatic heterocycles. The van der Waals surface area contributed by atoms with Crippen molar-refractivity contribution in [1.29, 1.82) is 0 Å². The van der Waals surface area contributed by atoms with Crippen molar-refractivity contribution >= 4 is 22.6 Å². The van der Waals surface area contributed by atoms with Crippen LogP contribution in [0.25, 0.3) is 10.8 Å². The molecule has 0 amide bonds. The summed E-state index contributed by atoms with van der Waals surface area (Å²) in [6.45, 7) is 0. The van der Waals surface area contributed by atoms with Gasteiger partial charge in [-0.05, 0) is 36.3 Å². The first-order valence-electron chi connectivity index (χ1n) is 6.26. The maximum absolute atomic E-state index is 11.9. The quantitative estimate of drug-likeness (QED) is 0.781. The molecule has 1 heterocycles. The summed E-state index contributed by atoms with van der Waals surface area (Å²) in [5.41, 5.74) is -0.208. The van der Waals surface area contributed by atoms with Gasteiger partial charge in [0.1, 0.15) is 11.9 Å². The van der Waals surface area contributed by atoms with Crippen LogP contribution in [-0.2, 0) is 4.79 Å². The fourth-order valence-electron chi connectivity index (χ4n) is 2.27. The Balaban J connectivity index is 1.96. The first-order chi connectivity index (χ1) is 9.15. The molecule has 0 aliphatic heterocycles. The van der Waals surface area contributed by atoms with E-state index in [0.717, 1.165) is 18.2 Å². The zero-order valence-corrected chi connectivity index (χ0v) is 10.2. The summed E-state index contributed by atoms with van der Waals surface area (Å²) in [5, 5.41) is 13.5. The van der Waals surface area contributed by atoms with Gasteiger partial charge in [0, 0.05) is 5.39 Å². The molecular formula is C14H14N2O3. The van der Waals surface area contributed by atoms with E-state index in [-0.39, 0.29) is 11.5 Å². The molecule has 0 bridgehead atoms. The Morgan fingerprint density at radius 1 is 1.37 bits per heavy atom. The molecule has 1 unspecified atom stereocenters. The number of aliphatic carboxylic acids is 1. The van der Waals surface area contributed by atoms with E-state index in [4.69, 9.17) is 0 Å². The molecule has 5 nitrogen and oxygen atoms in total. The lowest BCUT2D eigenvalue weighted by atomic mass is 10.1. The van der Waals surface area contributed by atoms with Crippen LogP contribution < -0.4 is 10.9 Å². The molecule has 1 aromatic carbocycles. The Morgan fingerprint density at radius 2 is 2.11 bits per heavy atom. The van der Waals surface area contributed by atoms with E-state index < -0.39 is 12.0 Å². The van der Waals surface area contributed by atoms with E-state index in [9.17, 15) is 14.7 Å². The maximum atomic E-state index is 11.9. The monoisotopic (exact) mass is 258 g/mol. The second-order valence-electron chi connectivity index (χ2n) is 4.90. The normalized spacial score (nSPS) is 16.2. The average molecular weight is 258 g/mol. The van der Waals surface area contributed by atoms with Gasteiger partial charge in [-0.1, -0.05) is 18.2 Å². The molecule has 1 aliphatic rings. The molecule has 0 saturated heterocycles. The highest BCUT2D eigenvalue weighted by molar-refractivity contribution is 5.85. The molecule has 3 N–H and O–H groups in total. The molecule has 2 aromatic rings. The third-order valence-electron chi connectivity index (χ3n) is 3.42. The SMILES string of the molecule is O=C(O)C(Nc1cc2ccccc2c(=O)[nH]1)C1CC1. The van der Waals surface area contributed by atoms with E-state index in [2.05, 4.69) is 10.3 Å². The summed E-state index contributed by atoms with van der Waals surface area (Å²) in [6.07, 6.45) is 1.84.